The summed E-state index contributed by atoms with van der Waals surface area (Å²) in [6.07, 6.45) is 5.13. The number of amides is 3. The molecule has 0 aromatic heterocycles. The van der Waals surface area contributed by atoms with Gasteiger partial charge in [-0.05, 0) is 26.7 Å². The van der Waals surface area contributed by atoms with Crippen LogP contribution in [0.25, 0.3) is 0 Å². The van der Waals surface area contributed by atoms with E-state index in [4.69, 9.17) is 4.74 Å². The number of hydrogen-bond acceptors (Lipinski definition) is 4. The Hall–Kier alpha value is -1.14. The number of urea groups is 1. The smallest absolute Gasteiger partial charge is 0.325 e. The molecule has 2 atom stereocenters. The largest absolute Gasteiger partial charge is 0.375 e. The van der Waals surface area contributed by atoms with Crippen molar-refractivity contribution in [2.24, 2.45) is 0 Å². The molecular formula is C15H25N3O3. The van der Waals surface area contributed by atoms with Gasteiger partial charge < -0.3 is 10.1 Å². The third-order valence-electron chi connectivity index (χ3n) is 4.90. The maximum atomic E-state index is 12.2. The van der Waals surface area contributed by atoms with E-state index in [1.165, 1.54) is 17.7 Å². The number of nitrogens with one attached hydrogen (secondary N) is 1. The van der Waals surface area contributed by atoms with Gasteiger partial charge in [0.15, 0.2) is 0 Å². The normalized spacial score (nSPS) is 33.0. The highest BCUT2D eigenvalue weighted by Gasteiger charge is 2.44. The fourth-order valence-corrected chi connectivity index (χ4v) is 3.70. The summed E-state index contributed by atoms with van der Waals surface area (Å²) in [7, 11) is 0. The van der Waals surface area contributed by atoms with Gasteiger partial charge in [-0.25, -0.2) is 4.79 Å². The number of carbonyl (C=O) groups excluding carboxylic acids is 2. The molecule has 1 aliphatic carbocycles. The molecule has 1 saturated carbocycles. The zero-order valence-corrected chi connectivity index (χ0v) is 12.9. The van der Waals surface area contributed by atoms with Gasteiger partial charge in [0.25, 0.3) is 5.91 Å². The van der Waals surface area contributed by atoms with Gasteiger partial charge in [0, 0.05) is 25.7 Å². The number of imide groups is 1. The number of hydrogen-bond donors (Lipinski definition) is 1. The minimum absolute atomic E-state index is 0.124. The fourth-order valence-electron chi connectivity index (χ4n) is 3.70. The molecule has 3 aliphatic rings. The number of morpholine rings is 1. The number of rotatable bonds is 3. The second-order valence-electron chi connectivity index (χ2n) is 6.81. The zero-order valence-electron chi connectivity index (χ0n) is 12.9. The van der Waals surface area contributed by atoms with Gasteiger partial charge in [-0.2, -0.15) is 0 Å². The SMILES string of the molecule is CC1(C)NC(=O)N(CCN2CCO[C@H]3CCCC[C@@H]32)C1=O. The molecule has 2 heterocycles. The molecule has 0 bridgehead atoms. The molecule has 21 heavy (non-hydrogen) atoms. The van der Waals surface area contributed by atoms with Crippen LogP contribution in [0.2, 0.25) is 0 Å². The minimum atomic E-state index is -0.768. The minimum Gasteiger partial charge on any atom is -0.375 e. The highest BCUT2D eigenvalue weighted by Crippen LogP contribution is 2.28. The number of ether oxygens (including phenoxy) is 1. The lowest BCUT2D eigenvalue weighted by molar-refractivity contribution is -0.131. The quantitative estimate of drug-likeness (QED) is 0.788. The molecule has 3 fully saturated rings. The van der Waals surface area contributed by atoms with Crippen molar-refractivity contribution in [1.82, 2.24) is 15.1 Å². The topological polar surface area (TPSA) is 61.9 Å². The molecule has 2 aliphatic heterocycles. The van der Waals surface area contributed by atoms with Crippen molar-refractivity contribution in [2.45, 2.75) is 57.2 Å². The molecule has 2 saturated heterocycles. The van der Waals surface area contributed by atoms with Crippen molar-refractivity contribution < 1.29 is 14.3 Å². The van der Waals surface area contributed by atoms with Crippen LogP contribution in [0, 0.1) is 0 Å². The third-order valence-corrected chi connectivity index (χ3v) is 4.90. The van der Waals surface area contributed by atoms with E-state index < -0.39 is 5.54 Å². The summed E-state index contributed by atoms with van der Waals surface area (Å²) < 4.78 is 5.86. The van der Waals surface area contributed by atoms with Crippen molar-refractivity contribution in [3.05, 3.63) is 0 Å². The van der Waals surface area contributed by atoms with Crippen LogP contribution in [0.15, 0.2) is 0 Å². The van der Waals surface area contributed by atoms with Gasteiger partial charge >= 0.3 is 6.03 Å². The molecule has 0 aromatic carbocycles. The van der Waals surface area contributed by atoms with E-state index in [0.717, 1.165) is 32.5 Å². The van der Waals surface area contributed by atoms with Gasteiger partial charge in [-0.15, -0.1) is 0 Å². The van der Waals surface area contributed by atoms with Crippen LogP contribution in [0.3, 0.4) is 0 Å². The average molecular weight is 295 g/mol. The first-order valence-electron chi connectivity index (χ1n) is 7.99. The van der Waals surface area contributed by atoms with Gasteiger partial charge in [-0.1, -0.05) is 12.8 Å². The first-order valence-corrected chi connectivity index (χ1v) is 7.99. The molecule has 0 spiro atoms. The Morgan fingerprint density at radius 2 is 2.00 bits per heavy atom. The Balaban J connectivity index is 1.59. The summed E-state index contributed by atoms with van der Waals surface area (Å²) in [5.74, 6) is -0.124. The molecule has 6 heteroatoms. The monoisotopic (exact) mass is 295 g/mol. The standard InChI is InChI=1S/C15H25N3O3/c1-15(2)13(19)18(14(20)16-15)8-7-17-9-10-21-12-6-4-3-5-11(12)17/h11-12H,3-10H2,1-2H3,(H,16,20)/t11-,12-/m0/s1. The maximum absolute atomic E-state index is 12.2. The maximum Gasteiger partial charge on any atom is 0.325 e. The molecule has 6 nitrogen and oxygen atoms in total. The van der Waals surface area contributed by atoms with E-state index >= 15 is 0 Å². The second kappa shape index (κ2) is 5.57. The molecule has 0 unspecified atom stereocenters. The summed E-state index contributed by atoms with van der Waals surface area (Å²) in [5, 5.41) is 2.73. The zero-order chi connectivity index (χ0) is 15.0. The average Bonchev–Trinajstić information content (AvgIpc) is 2.65. The molecule has 0 radical (unpaired) electrons. The van der Waals surface area contributed by atoms with Crippen LogP contribution in [0.4, 0.5) is 4.79 Å². The van der Waals surface area contributed by atoms with Crippen molar-refractivity contribution in [3.63, 3.8) is 0 Å². The summed E-state index contributed by atoms with van der Waals surface area (Å²) in [5.41, 5.74) is -0.768. The first kappa shape index (κ1) is 14.8. The Morgan fingerprint density at radius 3 is 2.71 bits per heavy atom. The molecule has 3 rings (SSSR count). The van der Waals surface area contributed by atoms with Crippen LogP contribution in [-0.4, -0.2) is 65.7 Å². The Kier molecular flexibility index (Phi) is 3.92. The van der Waals surface area contributed by atoms with Crippen molar-refractivity contribution in [3.8, 4) is 0 Å². The summed E-state index contributed by atoms with van der Waals surface area (Å²) in [4.78, 5) is 27.9. The van der Waals surface area contributed by atoms with E-state index in [2.05, 4.69) is 10.2 Å². The van der Waals surface area contributed by atoms with Crippen LogP contribution >= 0.6 is 0 Å². The van der Waals surface area contributed by atoms with Crippen LogP contribution in [0.1, 0.15) is 39.5 Å². The first-order chi connectivity index (χ1) is 9.99. The lowest BCUT2D eigenvalue weighted by Gasteiger charge is -2.44. The van der Waals surface area contributed by atoms with E-state index in [1.807, 2.05) is 0 Å². The number of fused-ring (bicyclic) bond motifs is 1. The number of nitrogens with zero attached hydrogens (tertiary/aromatic N) is 2. The van der Waals surface area contributed by atoms with E-state index in [1.54, 1.807) is 13.8 Å². The van der Waals surface area contributed by atoms with Crippen LogP contribution in [0.5, 0.6) is 0 Å². The van der Waals surface area contributed by atoms with E-state index in [9.17, 15) is 9.59 Å². The number of carbonyl (C=O) groups is 2. The molecule has 3 amide bonds. The molecule has 0 aromatic rings. The van der Waals surface area contributed by atoms with Gasteiger partial charge in [-0.3, -0.25) is 14.6 Å². The van der Waals surface area contributed by atoms with Gasteiger partial charge in [0.1, 0.15) is 5.54 Å². The third kappa shape index (κ3) is 2.79. The summed E-state index contributed by atoms with van der Waals surface area (Å²) in [6.45, 7) is 6.37. The lowest BCUT2D eigenvalue weighted by Crippen LogP contribution is -2.54. The highest BCUT2D eigenvalue weighted by molar-refractivity contribution is 6.06. The predicted molar refractivity (Wildman–Crippen MR) is 77.9 cm³/mol. The highest BCUT2D eigenvalue weighted by atomic mass is 16.5. The van der Waals surface area contributed by atoms with Crippen LogP contribution in [-0.2, 0) is 9.53 Å². The summed E-state index contributed by atoms with van der Waals surface area (Å²) in [6, 6.07) is 0.194. The lowest BCUT2D eigenvalue weighted by atomic mass is 9.90. The molecule has 118 valence electrons. The second-order valence-corrected chi connectivity index (χ2v) is 6.81. The van der Waals surface area contributed by atoms with Gasteiger partial charge in [0.2, 0.25) is 0 Å². The Bertz CT molecular complexity index is 436. The van der Waals surface area contributed by atoms with Crippen molar-refractivity contribution in [1.29, 1.82) is 0 Å². The van der Waals surface area contributed by atoms with E-state index in [-0.39, 0.29) is 11.9 Å². The van der Waals surface area contributed by atoms with Crippen molar-refractivity contribution >= 4 is 11.9 Å². The molecular weight excluding hydrogens is 270 g/mol. The summed E-state index contributed by atoms with van der Waals surface area (Å²) >= 11 is 0. The Labute approximate surface area is 125 Å². The Morgan fingerprint density at radius 1 is 1.24 bits per heavy atom. The fraction of sp³-hybridized carbons (Fsp3) is 0.867. The molecule has 1 N–H and O–H groups in total. The van der Waals surface area contributed by atoms with Crippen LogP contribution < -0.4 is 5.32 Å². The van der Waals surface area contributed by atoms with Crippen molar-refractivity contribution in [2.75, 3.05) is 26.2 Å². The predicted octanol–water partition coefficient (Wildman–Crippen LogP) is 0.960. The van der Waals surface area contributed by atoms with Gasteiger partial charge in [0.05, 0.1) is 12.7 Å². The van der Waals surface area contributed by atoms with E-state index in [0.29, 0.717) is 18.7 Å².